The van der Waals surface area contributed by atoms with Crippen LogP contribution in [0.25, 0.3) is 0 Å². The van der Waals surface area contributed by atoms with Gasteiger partial charge in [0.05, 0.1) is 0 Å². The van der Waals surface area contributed by atoms with Crippen LogP contribution in [0, 0.1) is 5.41 Å². The second-order valence-corrected chi connectivity index (χ2v) is 6.21. The normalized spacial score (nSPS) is 14.7. The van der Waals surface area contributed by atoms with Crippen molar-refractivity contribution in [2.75, 3.05) is 13.6 Å². The van der Waals surface area contributed by atoms with Gasteiger partial charge in [0.15, 0.2) is 0 Å². The number of hydrogen-bond donors (Lipinski definition) is 1. The Bertz CT molecular complexity index is 323. The number of carboxylic acid groups (broad SMARTS) is 1. The first-order valence-electron chi connectivity index (χ1n) is 6.77. The van der Waals surface area contributed by atoms with E-state index >= 15 is 0 Å². The second kappa shape index (κ2) is 6.78. The quantitative estimate of drug-likeness (QED) is 0.837. The van der Waals surface area contributed by atoms with Gasteiger partial charge in [0.2, 0.25) is 0 Å². The topological polar surface area (TPSA) is 60.9 Å². The molecule has 0 spiro atoms. The molecule has 0 radical (unpaired) electrons. The van der Waals surface area contributed by atoms with Crippen LogP contribution in [0.1, 0.15) is 48.0 Å². The highest BCUT2D eigenvalue weighted by Crippen LogP contribution is 2.24. The van der Waals surface area contributed by atoms with Crippen LogP contribution in [0.5, 0.6) is 0 Å². The molecule has 0 fully saturated rings. The lowest BCUT2D eigenvalue weighted by Crippen LogP contribution is -2.52. The average molecular weight is 272 g/mol. The van der Waals surface area contributed by atoms with Gasteiger partial charge in [-0.05, 0) is 25.7 Å². The Morgan fingerprint density at radius 3 is 2.00 bits per heavy atom. The molecule has 0 bridgehead atoms. The summed E-state index contributed by atoms with van der Waals surface area (Å²) in [7, 11) is 1.73. The Morgan fingerprint density at radius 2 is 1.68 bits per heavy atom. The first kappa shape index (κ1) is 17.7. The standard InChI is InChI=1S/C14H28N2O3/c1-8-10(2)16(9-12(17)18)13(19)15(7)11(3)14(4,5)6/h10-11H,8-9H2,1-7H3,(H,17,18). The molecule has 112 valence electrons. The van der Waals surface area contributed by atoms with Crippen LogP contribution < -0.4 is 0 Å². The van der Waals surface area contributed by atoms with E-state index in [2.05, 4.69) is 20.8 Å². The van der Waals surface area contributed by atoms with Gasteiger partial charge in [0, 0.05) is 19.1 Å². The fourth-order valence-electron chi connectivity index (χ4n) is 1.73. The third-order valence-corrected chi connectivity index (χ3v) is 3.81. The van der Waals surface area contributed by atoms with Gasteiger partial charge in [-0.15, -0.1) is 0 Å². The van der Waals surface area contributed by atoms with Crippen LogP contribution in [0.2, 0.25) is 0 Å². The van der Waals surface area contributed by atoms with E-state index < -0.39 is 5.97 Å². The predicted molar refractivity (Wildman–Crippen MR) is 76.2 cm³/mol. The minimum atomic E-state index is -0.981. The molecular formula is C14H28N2O3. The van der Waals surface area contributed by atoms with E-state index in [1.54, 1.807) is 11.9 Å². The molecule has 0 saturated carbocycles. The molecule has 0 aromatic rings. The summed E-state index contributed by atoms with van der Waals surface area (Å²) in [6, 6.07) is -0.280. The summed E-state index contributed by atoms with van der Waals surface area (Å²) in [6.45, 7) is 11.7. The number of amides is 2. The summed E-state index contributed by atoms with van der Waals surface area (Å²) in [5, 5.41) is 8.95. The van der Waals surface area contributed by atoms with Crippen LogP contribution in [0.15, 0.2) is 0 Å². The van der Waals surface area contributed by atoms with Crippen LogP contribution in [0.4, 0.5) is 4.79 Å². The fraction of sp³-hybridized carbons (Fsp3) is 0.857. The van der Waals surface area contributed by atoms with Crippen molar-refractivity contribution in [3.8, 4) is 0 Å². The Labute approximate surface area is 116 Å². The highest BCUT2D eigenvalue weighted by molar-refractivity contribution is 5.80. The van der Waals surface area contributed by atoms with Gasteiger partial charge in [-0.25, -0.2) is 4.79 Å². The monoisotopic (exact) mass is 272 g/mol. The Kier molecular flexibility index (Phi) is 6.33. The van der Waals surface area contributed by atoms with Gasteiger partial charge in [-0.1, -0.05) is 27.7 Å². The van der Waals surface area contributed by atoms with Gasteiger partial charge in [-0.3, -0.25) is 4.79 Å². The molecule has 0 heterocycles. The van der Waals surface area contributed by atoms with Crippen molar-refractivity contribution in [1.82, 2.24) is 9.80 Å². The van der Waals surface area contributed by atoms with E-state index in [0.717, 1.165) is 6.42 Å². The van der Waals surface area contributed by atoms with Crippen LogP contribution in [0.3, 0.4) is 0 Å². The molecule has 0 saturated heterocycles. The number of carbonyl (C=O) groups is 2. The molecule has 2 unspecified atom stereocenters. The Balaban J connectivity index is 5.03. The molecule has 0 aliphatic heterocycles. The first-order chi connectivity index (χ1) is 8.52. The van der Waals surface area contributed by atoms with Gasteiger partial charge >= 0.3 is 12.0 Å². The number of carboxylic acids is 1. The zero-order valence-electron chi connectivity index (χ0n) is 13.2. The Hall–Kier alpha value is -1.26. The molecule has 0 rings (SSSR count). The van der Waals surface area contributed by atoms with Crippen molar-refractivity contribution in [2.24, 2.45) is 5.41 Å². The van der Waals surface area contributed by atoms with E-state index in [1.807, 2.05) is 20.8 Å². The SMILES string of the molecule is CCC(C)N(CC(=O)O)C(=O)N(C)C(C)C(C)(C)C. The number of nitrogens with zero attached hydrogens (tertiary/aromatic N) is 2. The summed E-state index contributed by atoms with van der Waals surface area (Å²) in [4.78, 5) is 26.4. The third-order valence-electron chi connectivity index (χ3n) is 3.81. The third kappa shape index (κ3) is 5.09. The number of carbonyl (C=O) groups excluding carboxylic acids is 1. The van der Waals surface area contributed by atoms with Crippen molar-refractivity contribution >= 4 is 12.0 Å². The fourth-order valence-corrected chi connectivity index (χ4v) is 1.73. The summed E-state index contributed by atoms with van der Waals surface area (Å²) in [5.74, 6) is -0.981. The maximum atomic E-state index is 12.5. The largest absolute Gasteiger partial charge is 0.480 e. The smallest absolute Gasteiger partial charge is 0.323 e. The molecule has 0 aliphatic rings. The minimum absolute atomic E-state index is 0.0281. The molecule has 0 aliphatic carbocycles. The summed E-state index contributed by atoms with van der Waals surface area (Å²) in [5.41, 5.74) is -0.0469. The highest BCUT2D eigenvalue weighted by atomic mass is 16.4. The van der Waals surface area contributed by atoms with Gasteiger partial charge in [-0.2, -0.15) is 0 Å². The van der Waals surface area contributed by atoms with Gasteiger partial charge < -0.3 is 14.9 Å². The number of rotatable bonds is 5. The van der Waals surface area contributed by atoms with Crippen molar-refractivity contribution in [3.05, 3.63) is 0 Å². The number of hydrogen-bond acceptors (Lipinski definition) is 2. The molecule has 5 nitrogen and oxygen atoms in total. The summed E-state index contributed by atoms with van der Waals surface area (Å²) >= 11 is 0. The van der Waals surface area contributed by atoms with Crippen molar-refractivity contribution in [1.29, 1.82) is 0 Å². The highest BCUT2D eigenvalue weighted by Gasteiger charge is 2.31. The maximum absolute atomic E-state index is 12.5. The molecule has 1 N–H and O–H groups in total. The van der Waals surface area contributed by atoms with Crippen molar-refractivity contribution in [2.45, 2.75) is 60.0 Å². The lowest BCUT2D eigenvalue weighted by atomic mass is 9.87. The van der Waals surface area contributed by atoms with E-state index in [4.69, 9.17) is 5.11 Å². The molecule has 0 aromatic carbocycles. The van der Waals surface area contributed by atoms with Gasteiger partial charge in [0.1, 0.15) is 6.54 Å². The minimum Gasteiger partial charge on any atom is -0.480 e. The number of urea groups is 1. The zero-order valence-corrected chi connectivity index (χ0v) is 13.2. The summed E-state index contributed by atoms with van der Waals surface area (Å²) in [6.07, 6.45) is 0.733. The van der Waals surface area contributed by atoms with Crippen LogP contribution >= 0.6 is 0 Å². The molecule has 2 amide bonds. The summed E-state index contributed by atoms with van der Waals surface area (Å²) < 4.78 is 0. The van der Waals surface area contributed by atoms with Gasteiger partial charge in [0.25, 0.3) is 0 Å². The van der Waals surface area contributed by atoms with Crippen molar-refractivity contribution in [3.63, 3.8) is 0 Å². The van der Waals surface area contributed by atoms with E-state index in [9.17, 15) is 9.59 Å². The van der Waals surface area contributed by atoms with E-state index in [0.29, 0.717) is 0 Å². The maximum Gasteiger partial charge on any atom is 0.323 e. The van der Waals surface area contributed by atoms with E-state index in [-0.39, 0.29) is 30.1 Å². The second-order valence-electron chi connectivity index (χ2n) is 6.21. The predicted octanol–water partition coefficient (Wildman–Crippen LogP) is 2.66. The number of aliphatic carboxylic acids is 1. The molecule has 2 atom stereocenters. The molecule has 19 heavy (non-hydrogen) atoms. The molecule has 0 aromatic heterocycles. The molecule has 5 heteroatoms. The lowest BCUT2D eigenvalue weighted by Gasteiger charge is -2.39. The average Bonchev–Trinajstić information content (AvgIpc) is 2.30. The first-order valence-corrected chi connectivity index (χ1v) is 6.77. The lowest BCUT2D eigenvalue weighted by molar-refractivity contribution is -0.138. The zero-order chi connectivity index (χ0) is 15.4. The van der Waals surface area contributed by atoms with Crippen molar-refractivity contribution < 1.29 is 14.7 Å². The van der Waals surface area contributed by atoms with Crippen LogP contribution in [-0.2, 0) is 4.79 Å². The Morgan fingerprint density at radius 1 is 1.21 bits per heavy atom. The van der Waals surface area contributed by atoms with E-state index in [1.165, 1.54) is 4.90 Å². The van der Waals surface area contributed by atoms with Crippen LogP contribution in [-0.4, -0.2) is 52.6 Å². The molecular weight excluding hydrogens is 244 g/mol.